The first kappa shape index (κ1) is 8.85. The molecule has 2 atom stereocenters. The van der Waals surface area contributed by atoms with Gasteiger partial charge in [0.1, 0.15) is 0 Å². The highest BCUT2D eigenvalue weighted by Crippen LogP contribution is 2.27. The topological polar surface area (TPSA) is 45.2 Å². The molecule has 1 aromatic rings. The van der Waals surface area contributed by atoms with Gasteiger partial charge < -0.3 is 10.2 Å². The molecule has 1 N–H and O–H groups in total. The van der Waals surface area contributed by atoms with Crippen molar-refractivity contribution in [2.24, 2.45) is 0 Å². The summed E-state index contributed by atoms with van der Waals surface area (Å²) in [6.07, 6.45) is 4.41. The third-order valence-corrected chi connectivity index (χ3v) is 3.29. The molecule has 0 bridgehead atoms. The van der Waals surface area contributed by atoms with Crippen LogP contribution in [0.25, 0.3) is 0 Å². The van der Waals surface area contributed by atoms with Crippen LogP contribution >= 0.6 is 0 Å². The lowest BCUT2D eigenvalue weighted by molar-refractivity contribution is 0.0411. The molecule has 0 radical (unpaired) electrons. The van der Waals surface area contributed by atoms with Crippen LogP contribution in [0.4, 0.5) is 0 Å². The van der Waals surface area contributed by atoms with Crippen LogP contribution in [0.15, 0.2) is 24.5 Å². The fourth-order valence-electron chi connectivity index (χ4n) is 2.42. The molecule has 0 saturated carbocycles. The Hall–Kier alpha value is -1.42. The zero-order chi connectivity index (χ0) is 10.3. The fourth-order valence-corrected chi connectivity index (χ4v) is 2.42. The zero-order valence-corrected chi connectivity index (χ0v) is 8.39. The smallest absolute Gasteiger partial charge is 0.254 e. The summed E-state index contributed by atoms with van der Waals surface area (Å²) in [5.74, 6) is 0.141. The zero-order valence-electron chi connectivity index (χ0n) is 8.39. The Balaban J connectivity index is 1.76. The van der Waals surface area contributed by atoms with E-state index in [1.807, 2.05) is 4.90 Å². The van der Waals surface area contributed by atoms with Crippen molar-refractivity contribution in [3.8, 4) is 0 Å². The molecule has 0 spiro atoms. The molecular weight excluding hydrogens is 190 g/mol. The van der Waals surface area contributed by atoms with Gasteiger partial charge in [0, 0.05) is 30.5 Å². The first-order valence-electron chi connectivity index (χ1n) is 5.30. The van der Waals surface area contributed by atoms with E-state index in [1.54, 1.807) is 24.5 Å². The van der Waals surface area contributed by atoms with E-state index in [-0.39, 0.29) is 5.91 Å². The fraction of sp³-hybridized carbons (Fsp3) is 0.455. The molecule has 15 heavy (non-hydrogen) atoms. The van der Waals surface area contributed by atoms with E-state index in [4.69, 9.17) is 0 Å². The highest BCUT2D eigenvalue weighted by atomic mass is 16.2. The number of nitrogens with zero attached hydrogens (tertiary/aromatic N) is 2. The van der Waals surface area contributed by atoms with E-state index in [9.17, 15) is 4.79 Å². The minimum atomic E-state index is 0.141. The molecule has 4 nitrogen and oxygen atoms in total. The van der Waals surface area contributed by atoms with Crippen molar-refractivity contribution in [1.82, 2.24) is 15.2 Å². The number of fused-ring (bicyclic) bond motifs is 1. The van der Waals surface area contributed by atoms with Crippen LogP contribution in [0, 0.1) is 0 Å². The molecule has 0 aliphatic carbocycles. The lowest BCUT2D eigenvalue weighted by atomic mass is 9.96. The van der Waals surface area contributed by atoms with Gasteiger partial charge in [0.25, 0.3) is 5.91 Å². The van der Waals surface area contributed by atoms with Crippen LogP contribution in [0.5, 0.6) is 0 Å². The number of hydrogen-bond acceptors (Lipinski definition) is 3. The van der Waals surface area contributed by atoms with Gasteiger partial charge in [-0.2, -0.15) is 0 Å². The number of carbonyl (C=O) groups excluding carboxylic acids is 1. The Kier molecular flexibility index (Phi) is 1.95. The molecule has 2 fully saturated rings. The number of amides is 1. The molecule has 78 valence electrons. The second-order valence-electron chi connectivity index (χ2n) is 4.11. The van der Waals surface area contributed by atoms with E-state index >= 15 is 0 Å². The van der Waals surface area contributed by atoms with E-state index < -0.39 is 0 Å². The van der Waals surface area contributed by atoms with E-state index in [1.165, 1.54) is 0 Å². The normalized spacial score (nSPS) is 28.4. The second kappa shape index (κ2) is 3.31. The summed E-state index contributed by atoms with van der Waals surface area (Å²) in [5.41, 5.74) is 0.746. The minimum Gasteiger partial charge on any atom is -0.332 e. The van der Waals surface area contributed by atoms with Crippen molar-refractivity contribution in [3.05, 3.63) is 30.1 Å². The van der Waals surface area contributed by atoms with Crippen LogP contribution in [-0.4, -0.2) is 41.0 Å². The number of likely N-dealkylation sites (tertiary alicyclic amines) is 1. The molecule has 2 aliphatic rings. The predicted molar refractivity (Wildman–Crippen MR) is 55.5 cm³/mol. The summed E-state index contributed by atoms with van der Waals surface area (Å²) < 4.78 is 0. The van der Waals surface area contributed by atoms with Gasteiger partial charge in [-0.15, -0.1) is 0 Å². The molecule has 4 heteroatoms. The standard InChI is InChI=1S/C11H13N3O/c15-11(8-1-4-12-5-2-8)14-7-9-10(14)3-6-13-9/h1-2,4-5,9-10,13H,3,6-7H2. The average Bonchev–Trinajstić information content (AvgIpc) is 2.61. The molecule has 0 aromatic carbocycles. The Morgan fingerprint density at radius 1 is 1.47 bits per heavy atom. The van der Waals surface area contributed by atoms with Crippen LogP contribution < -0.4 is 5.32 Å². The predicted octanol–water partition coefficient (Wildman–Crippen LogP) is 0.268. The van der Waals surface area contributed by atoms with Crippen molar-refractivity contribution < 1.29 is 4.79 Å². The molecular formula is C11H13N3O. The number of pyridine rings is 1. The molecule has 1 aromatic heterocycles. The van der Waals surface area contributed by atoms with Crippen molar-refractivity contribution in [3.63, 3.8) is 0 Å². The van der Waals surface area contributed by atoms with Gasteiger partial charge in [-0.05, 0) is 25.1 Å². The van der Waals surface area contributed by atoms with Crippen LogP contribution in [0.3, 0.4) is 0 Å². The molecule has 2 saturated heterocycles. The van der Waals surface area contributed by atoms with Gasteiger partial charge in [-0.25, -0.2) is 0 Å². The summed E-state index contributed by atoms with van der Waals surface area (Å²) in [6, 6.07) is 4.51. The van der Waals surface area contributed by atoms with Gasteiger partial charge in [-0.1, -0.05) is 0 Å². The van der Waals surface area contributed by atoms with Crippen LogP contribution in [-0.2, 0) is 0 Å². The average molecular weight is 203 g/mol. The van der Waals surface area contributed by atoms with Gasteiger partial charge >= 0.3 is 0 Å². The lowest BCUT2D eigenvalue weighted by Gasteiger charge is -2.44. The molecule has 2 unspecified atom stereocenters. The maximum atomic E-state index is 12.0. The first-order chi connectivity index (χ1) is 7.36. The van der Waals surface area contributed by atoms with Crippen molar-refractivity contribution in [2.75, 3.05) is 13.1 Å². The number of nitrogens with one attached hydrogen (secondary N) is 1. The number of carbonyl (C=O) groups is 1. The highest BCUT2D eigenvalue weighted by molar-refractivity contribution is 5.95. The third kappa shape index (κ3) is 1.33. The maximum Gasteiger partial charge on any atom is 0.254 e. The molecule has 1 amide bonds. The van der Waals surface area contributed by atoms with E-state index in [0.717, 1.165) is 25.1 Å². The van der Waals surface area contributed by atoms with Crippen molar-refractivity contribution in [2.45, 2.75) is 18.5 Å². The number of hydrogen-bond donors (Lipinski definition) is 1. The van der Waals surface area contributed by atoms with Gasteiger partial charge in [0.05, 0.1) is 6.04 Å². The Morgan fingerprint density at radius 2 is 2.27 bits per heavy atom. The second-order valence-corrected chi connectivity index (χ2v) is 4.11. The summed E-state index contributed by atoms with van der Waals surface area (Å²) in [6.45, 7) is 1.89. The van der Waals surface area contributed by atoms with Gasteiger partial charge in [0.15, 0.2) is 0 Å². The largest absolute Gasteiger partial charge is 0.332 e. The lowest BCUT2D eigenvalue weighted by Crippen LogP contribution is -2.62. The van der Waals surface area contributed by atoms with Gasteiger partial charge in [0.2, 0.25) is 0 Å². The maximum absolute atomic E-state index is 12.0. The molecule has 3 heterocycles. The monoisotopic (exact) mass is 203 g/mol. The highest BCUT2D eigenvalue weighted by Gasteiger charge is 2.44. The van der Waals surface area contributed by atoms with Crippen LogP contribution in [0.2, 0.25) is 0 Å². The van der Waals surface area contributed by atoms with Crippen LogP contribution in [0.1, 0.15) is 16.8 Å². The van der Waals surface area contributed by atoms with E-state index in [2.05, 4.69) is 10.3 Å². The van der Waals surface area contributed by atoms with E-state index in [0.29, 0.717) is 12.1 Å². The van der Waals surface area contributed by atoms with Gasteiger partial charge in [-0.3, -0.25) is 9.78 Å². The molecule has 3 rings (SSSR count). The van der Waals surface area contributed by atoms with Crippen molar-refractivity contribution >= 4 is 5.91 Å². The Morgan fingerprint density at radius 3 is 3.00 bits per heavy atom. The Labute approximate surface area is 88.3 Å². The summed E-state index contributed by atoms with van der Waals surface area (Å²) >= 11 is 0. The number of aromatic nitrogens is 1. The number of rotatable bonds is 1. The third-order valence-electron chi connectivity index (χ3n) is 3.29. The summed E-state index contributed by atoms with van der Waals surface area (Å²) in [5, 5.41) is 3.39. The minimum absolute atomic E-state index is 0.141. The van der Waals surface area contributed by atoms with Crippen molar-refractivity contribution in [1.29, 1.82) is 0 Å². The Bertz CT molecular complexity index is 379. The quantitative estimate of drug-likeness (QED) is 0.712. The summed E-state index contributed by atoms with van der Waals surface area (Å²) in [4.78, 5) is 17.9. The SMILES string of the molecule is O=C(c1ccncc1)N1CC2NCCC21. The summed E-state index contributed by atoms with van der Waals surface area (Å²) in [7, 11) is 0. The first-order valence-corrected chi connectivity index (χ1v) is 5.30. The molecule has 2 aliphatic heterocycles.